The molecule has 0 spiro atoms. The first-order valence-corrected chi connectivity index (χ1v) is 4.46. The van der Waals surface area contributed by atoms with Crippen LogP contribution in [0.15, 0.2) is 24.3 Å². The maximum Gasteiger partial charge on any atom is 0.180 e. The van der Waals surface area contributed by atoms with E-state index in [2.05, 4.69) is 6.92 Å². The average molecular weight is 180 g/mol. The van der Waals surface area contributed by atoms with Crippen LogP contribution in [0.3, 0.4) is 0 Å². The van der Waals surface area contributed by atoms with E-state index >= 15 is 0 Å². The molecule has 0 saturated carbocycles. The number of aldehydes is 1. The lowest BCUT2D eigenvalue weighted by Crippen LogP contribution is -1.92. The molecule has 0 N–H and O–H groups in total. The van der Waals surface area contributed by atoms with Gasteiger partial charge in [-0.25, -0.2) is 4.39 Å². The van der Waals surface area contributed by atoms with E-state index in [4.69, 9.17) is 0 Å². The number of aryl methyl sites for hydroxylation is 1. The zero-order valence-corrected chi connectivity index (χ0v) is 7.66. The van der Waals surface area contributed by atoms with Gasteiger partial charge in [0.2, 0.25) is 0 Å². The molecule has 1 atom stereocenters. The van der Waals surface area contributed by atoms with E-state index in [0.717, 1.165) is 12.8 Å². The third-order valence-corrected chi connectivity index (χ3v) is 1.96. The first kappa shape index (κ1) is 9.90. The average Bonchev–Trinajstić information content (AvgIpc) is 2.18. The summed E-state index contributed by atoms with van der Waals surface area (Å²) in [6, 6.07) is 7.08. The second kappa shape index (κ2) is 4.75. The van der Waals surface area contributed by atoms with Crippen molar-refractivity contribution in [2.75, 3.05) is 0 Å². The van der Waals surface area contributed by atoms with Crippen molar-refractivity contribution < 1.29 is 9.18 Å². The Morgan fingerprint density at radius 1 is 1.38 bits per heavy atom. The highest BCUT2D eigenvalue weighted by atomic mass is 19.1. The molecule has 0 saturated heterocycles. The normalized spacial score (nSPS) is 12.5. The molecule has 1 unspecified atom stereocenters. The van der Waals surface area contributed by atoms with Crippen LogP contribution in [-0.4, -0.2) is 6.29 Å². The van der Waals surface area contributed by atoms with Gasteiger partial charge < -0.3 is 0 Å². The quantitative estimate of drug-likeness (QED) is 0.651. The van der Waals surface area contributed by atoms with Gasteiger partial charge in [0.15, 0.2) is 12.5 Å². The van der Waals surface area contributed by atoms with Gasteiger partial charge in [-0.1, -0.05) is 37.6 Å². The predicted molar refractivity (Wildman–Crippen MR) is 50.4 cm³/mol. The molecule has 70 valence electrons. The third kappa shape index (κ3) is 2.65. The molecular formula is C11H13FO. The first-order valence-electron chi connectivity index (χ1n) is 4.46. The molecule has 0 aliphatic heterocycles. The monoisotopic (exact) mass is 180 g/mol. The Bertz CT molecular complexity index is 266. The molecule has 1 aromatic carbocycles. The lowest BCUT2D eigenvalue weighted by Gasteiger charge is -2.02. The minimum atomic E-state index is -1.48. The Balaban J connectivity index is 2.74. The fourth-order valence-electron chi connectivity index (χ4n) is 1.24. The third-order valence-electron chi connectivity index (χ3n) is 1.96. The molecular weight excluding hydrogens is 167 g/mol. The lowest BCUT2D eigenvalue weighted by molar-refractivity contribution is -0.112. The van der Waals surface area contributed by atoms with Gasteiger partial charge in [-0.15, -0.1) is 0 Å². The van der Waals surface area contributed by atoms with Gasteiger partial charge in [-0.2, -0.15) is 0 Å². The van der Waals surface area contributed by atoms with Crippen molar-refractivity contribution in [3.8, 4) is 0 Å². The maximum atomic E-state index is 12.8. The number of hydrogen-bond acceptors (Lipinski definition) is 1. The fourth-order valence-corrected chi connectivity index (χ4v) is 1.24. The largest absolute Gasteiger partial charge is 0.300 e. The van der Waals surface area contributed by atoms with Crippen LogP contribution >= 0.6 is 0 Å². The number of benzene rings is 1. The van der Waals surface area contributed by atoms with Gasteiger partial charge in [0.1, 0.15) is 0 Å². The highest BCUT2D eigenvalue weighted by Crippen LogP contribution is 2.15. The van der Waals surface area contributed by atoms with Crippen LogP contribution in [0.2, 0.25) is 0 Å². The van der Waals surface area contributed by atoms with E-state index in [-0.39, 0.29) is 0 Å². The van der Waals surface area contributed by atoms with Crippen molar-refractivity contribution in [1.82, 2.24) is 0 Å². The Morgan fingerprint density at radius 3 is 2.46 bits per heavy atom. The summed E-state index contributed by atoms with van der Waals surface area (Å²) in [5.41, 5.74) is 1.62. The van der Waals surface area contributed by atoms with Crippen molar-refractivity contribution in [2.45, 2.75) is 25.9 Å². The fraction of sp³-hybridized carbons (Fsp3) is 0.364. The second-order valence-corrected chi connectivity index (χ2v) is 3.03. The maximum absolute atomic E-state index is 12.8. The smallest absolute Gasteiger partial charge is 0.180 e. The molecule has 1 rings (SSSR count). The van der Waals surface area contributed by atoms with Gasteiger partial charge in [0, 0.05) is 0 Å². The minimum Gasteiger partial charge on any atom is -0.300 e. The van der Waals surface area contributed by atoms with Crippen LogP contribution in [-0.2, 0) is 11.2 Å². The number of carbonyl (C=O) groups excluding carboxylic acids is 1. The summed E-state index contributed by atoms with van der Waals surface area (Å²) in [6.07, 6.45) is 0.912. The molecule has 0 bridgehead atoms. The molecule has 0 radical (unpaired) electrons. The van der Waals surface area contributed by atoms with Crippen LogP contribution < -0.4 is 0 Å². The number of halogens is 1. The minimum absolute atomic E-state index is 0.314. The van der Waals surface area contributed by atoms with E-state index in [1.807, 2.05) is 12.1 Å². The van der Waals surface area contributed by atoms with Crippen LogP contribution in [0.5, 0.6) is 0 Å². The standard InChI is InChI=1S/C11H13FO/c1-2-3-9-4-6-10(7-5-9)11(12)8-13/h4-8,11H,2-3H2,1H3. The Morgan fingerprint density at radius 2 is 2.00 bits per heavy atom. The van der Waals surface area contributed by atoms with Crippen LogP contribution in [0.1, 0.15) is 30.6 Å². The summed E-state index contributed by atoms with van der Waals surface area (Å²) in [4.78, 5) is 10.1. The molecule has 0 heterocycles. The van der Waals surface area contributed by atoms with Crippen molar-refractivity contribution in [1.29, 1.82) is 0 Å². The molecule has 0 aliphatic rings. The van der Waals surface area contributed by atoms with E-state index < -0.39 is 6.17 Å². The Kier molecular flexibility index (Phi) is 3.62. The van der Waals surface area contributed by atoms with Gasteiger partial charge in [0.05, 0.1) is 0 Å². The van der Waals surface area contributed by atoms with Crippen molar-refractivity contribution in [3.05, 3.63) is 35.4 Å². The Hall–Kier alpha value is -1.18. The summed E-state index contributed by atoms with van der Waals surface area (Å²) in [5, 5.41) is 0. The van der Waals surface area contributed by atoms with Crippen LogP contribution in [0, 0.1) is 0 Å². The summed E-state index contributed by atoms with van der Waals surface area (Å²) in [7, 11) is 0. The Labute approximate surface area is 77.6 Å². The van der Waals surface area contributed by atoms with Gasteiger partial charge in [0.25, 0.3) is 0 Å². The van der Waals surface area contributed by atoms with Crippen LogP contribution in [0.4, 0.5) is 4.39 Å². The van der Waals surface area contributed by atoms with E-state index in [9.17, 15) is 9.18 Å². The van der Waals surface area contributed by atoms with Gasteiger partial charge in [-0.05, 0) is 17.5 Å². The lowest BCUT2D eigenvalue weighted by atomic mass is 10.1. The first-order chi connectivity index (χ1) is 6.27. The summed E-state index contributed by atoms with van der Waals surface area (Å²) >= 11 is 0. The van der Waals surface area contributed by atoms with Gasteiger partial charge >= 0.3 is 0 Å². The molecule has 0 aliphatic carbocycles. The van der Waals surface area contributed by atoms with Crippen molar-refractivity contribution in [3.63, 3.8) is 0 Å². The van der Waals surface area contributed by atoms with Crippen molar-refractivity contribution >= 4 is 6.29 Å². The number of hydrogen-bond donors (Lipinski definition) is 0. The van der Waals surface area contributed by atoms with E-state index in [0.29, 0.717) is 11.8 Å². The zero-order valence-electron chi connectivity index (χ0n) is 7.66. The summed E-state index contributed by atoms with van der Waals surface area (Å²) in [5.74, 6) is 0. The number of carbonyl (C=O) groups is 1. The molecule has 1 nitrogen and oxygen atoms in total. The molecule has 0 aromatic heterocycles. The molecule has 13 heavy (non-hydrogen) atoms. The molecule has 2 heteroatoms. The van der Waals surface area contributed by atoms with Gasteiger partial charge in [-0.3, -0.25) is 4.79 Å². The SMILES string of the molecule is CCCc1ccc(C(F)C=O)cc1. The second-order valence-electron chi connectivity index (χ2n) is 3.03. The topological polar surface area (TPSA) is 17.1 Å². The van der Waals surface area contributed by atoms with Crippen LogP contribution in [0.25, 0.3) is 0 Å². The molecule has 1 aromatic rings. The number of rotatable bonds is 4. The zero-order chi connectivity index (χ0) is 9.68. The highest BCUT2D eigenvalue weighted by molar-refractivity contribution is 5.59. The number of alkyl halides is 1. The van der Waals surface area contributed by atoms with E-state index in [1.54, 1.807) is 12.1 Å². The summed E-state index contributed by atoms with van der Waals surface area (Å²) in [6.45, 7) is 2.09. The molecule has 0 fully saturated rings. The highest BCUT2D eigenvalue weighted by Gasteiger charge is 2.06. The summed E-state index contributed by atoms with van der Waals surface area (Å²) < 4.78 is 12.8. The predicted octanol–water partition coefficient (Wildman–Crippen LogP) is 2.85. The van der Waals surface area contributed by atoms with Crippen molar-refractivity contribution in [2.24, 2.45) is 0 Å². The van der Waals surface area contributed by atoms with E-state index in [1.165, 1.54) is 5.56 Å². The molecule has 0 amide bonds.